The summed E-state index contributed by atoms with van der Waals surface area (Å²) in [5.74, 6) is 0.898. The molecule has 0 heterocycles. The van der Waals surface area contributed by atoms with Crippen molar-refractivity contribution in [1.82, 2.24) is 5.32 Å². The number of hydrogen-bond acceptors (Lipinski definition) is 3. The third-order valence-electron chi connectivity index (χ3n) is 3.07. The molecule has 0 aliphatic heterocycles. The van der Waals surface area contributed by atoms with Crippen molar-refractivity contribution < 1.29 is 9.47 Å². The lowest BCUT2D eigenvalue weighted by Gasteiger charge is -2.07. The second kappa shape index (κ2) is 7.12. The van der Waals surface area contributed by atoms with Crippen molar-refractivity contribution in [2.24, 2.45) is 0 Å². The van der Waals surface area contributed by atoms with Crippen LogP contribution in [0, 0.1) is 0 Å². The Morgan fingerprint density at radius 2 is 1.84 bits per heavy atom. The molecule has 0 atom stereocenters. The van der Waals surface area contributed by atoms with Crippen molar-refractivity contribution in [2.75, 3.05) is 26.9 Å². The first kappa shape index (κ1) is 13.8. The Labute approximate surface area is 114 Å². The van der Waals surface area contributed by atoms with Crippen LogP contribution in [0.15, 0.2) is 36.4 Å². The minimum atomic E-state index is 0.765. The Balaban J connectivity index is 1.97. The highest BCUT2D eigenvalue weighted by molar-refractivity contribution is 5.84. The topological polar surface area (TPSA) is 30.5 Å². The normalized spacial score (nSPS) is 10.8. The Morgan fingerprint density at radius 3 is 2.63 bits per heavy atom. The Morgan fingerprint density at radius 1 is 1.05 bits per heavy atom. The fourth-order valence-corrected chi connectivity index (χ4v) is 2.03. The molecule has 3 heteroatoms. The lowest BCUT2D eigenvalue weighted by Crippen LogP contribution is -2.19. The molecule has 1 N–H and O–H groups in total. The van der Waals surface area contributed by atoms with Crippen LogP contribution < -0.4 is 10.1 Å². The first-order valence-electron chi connectivity index (χ1n) is 6.68. The summed E-state index contributed by atoms with van der Waals surface area (Å²) in [4.78, 5) is 0. The van der Waals surface area contributed by atoms with Gasteiger partial charge in [0, 0.05) is 19.7 Å². The van der Waals surface area contributed by atoms with Gasteiger partial charge in [-0.15, -0.1) is 0 Å². The molecule has 0 saturated carbocycles. The lowest BCUT2D eigenvalue weighted by molar-refractivity contribution is 0.149. The summed E-state index contributed by atoms with van der Waals surface area (Å²) in [6, 6.07) is 12.6. The van der Waals surface area contributed by atoms with E-state index >= 15 is 0 Å². The Hall–Kier alpha value is -1.58. The van der Waals surface area contributed by atoms with Gasteiger partial charge in [-0.2, -0.15) is 0 Å². The van der Waals surface area contributed by atoms with Crippen molar-refractivity contribution in [3.8, 4) is 5.75 Å². The smallest absolute Gasteiger partial charge is 0.119 e. The molecule has 0 saturated heterocycles. The van der Waals surface area contributed by atoms with Crippen LogP contribution in [-0.2, 0) is 11.3 Å². The van der Waals surface area contributed by atoms with Crippen LogP contribution in [0.2, 0.25) is 0 Å². The van der Waals surface area contributed by atoms with Crippen molar-refractivity contribution in [3.63, 3.8) is 0 Å². The summed E-state index contributed by atoms with van der Waals surface area (Å²) < 4.78 is 10.5. The minimum Gasteiger partial charge on any atom is -0.497 e. The lowest BCUT2D eigenvalue weighted by atomic mass is 10.1. The van der Waals surface area contributed by atoms with E-state index in [-0.39, 0.29) is 0 Å². The predicted octanol–water partition coefficient (Wildman–Crippen LogP) is 2.97. The van der Waals surface area contributed by atoms with Gasteiger partial charge in [-0.1, -0.05) is 18.2 Å². The van der Waals surface area contributed by atoms with E-state index in [1.165, 1.54) is 16.3 Å². The van der Waals surface area contributed by atoms with E-state index in [1.54, 1.807) is 7.11 Å². The molecule has 0 aliphatic carbocycles. The maximum Gasteiger partial charge on any atom is 0.119 e. The van der Waals surface area contributed by atoms with E-state index in [2.05, 4.69) is 35.6 Å². The Bertz CT molecular complexity index is 525. The molecule has 2 aromatic carbocycles. The molecule has 0 aliphatic rings. The first-order chi connectivity index (χ1) is 9.33. The van der Waals surface area contributed by atoms with E-state index in [0.29, 0.717) is 0 Å². The molecular weight excluding hydrogens is 238 g/mol. The zero-order valence-corrected chi connectivity index (χ0v) is 11.6. The third kappa shape index (κ3) is 3.94. The van der Waals surface area contributed by atoms with E-state index in [1.807, 2.05) is 13.0 Å². The highest BCUT2D eigenvalue weighted by Crippen LogP contribution is 2.21. The highest BCUT2D eigenvalue weighted by Gasteiger charge is 1.99. The monoisotopic (exact) mass is 259 g/mol. The molecule has 19 heavy (non-hydrogen) atoms. The Kier molecular flexibility index (Phi) is 5.19. The quantitative estimate of drug-likeness (QED) is 0.775. The second-order valence-electron chi connectivity index (χ2n) is 4.42. The van der Waals surface area contributed by atoms with Gasteiger partial charge in [0.1, 0.15) is 5.75 Å². The molecule has 0 aromatic heterocycles. The van der Waals surface area contributed by atoms with Crippen LogP contribution in [0.3, 0.4) is 0 Å². The summed E-state index contributed by atoms with van der Waals surface area (Å²) >= 11 is 0. The maximum atomic E-state index is 5.29. The summed E-state index contributed by atoms with van der Waals surface area (Å²) in [5.41, 5.74) is 1.29. The van der Waals surface area contributed by atoms with Crippen LogP contribution in [0.25, 0.3) is 10.8 Å². The minimum absolute atomic E-state index is 0.765. The molecule has 0 bridgehead atoms. The molecule has 0 radical (unpaired) electrons. The van der Waals surface area contributed by atoms with Crippen LogP contribution in [0.4, 0.5) is 0 Å². The molecule has 0 spiro atoms. The van der Waals surface area contributed by atoms with Gasteiger partial charge >= 0.3 is 0 Å². The van der Waals surface area contributed by atoms with Gasteiger partial charge in [0.25, 0.3) is 0 Å². The van der Waals surface area contributed by atoms with Crippen molar-refractivity contribution in [2.45, 2.75) is 13.5 Å². The van der Waals surface area contributed by atoms with Gasteiger partial charge in [-0.05, 0) is 41.5 Å². The average molecular weight is 259 g/mol. The summed E-state index contributed by atoms with van der Waals surface area (Å²) in [7, 11) is 1.69. The fraction of sp³-hybridized carbons (Fsp3) is 0.375. The van der Waals surface area contributed by atoms with Crippen molar-refractivity contribution in [1.29, 1.82) is 0 Å². The van der Waals surface area contributed by atoms with Gasteiger partial charge in [0.05, 0.1) is 13.7 Å². The van der Waals surface area contributed by atoms with E-state index in [4.69, 9.17) is 9.47 Å². The van der Waals surface area contributed by atoms with E-state index < -0.39 is 0 Å². The number of methoxy groups -OCH3 is 1. The maximum absolute atomic E-state index is 5.29. The number of hydrogen-bond donors (Lipinski definition) is 1. The zero-order valence-electron chi connectivity index (χ0n) is 11.6. The van der Waals surface area contributed by atoms with E-state index in [0.717, 1.165) is 32.1 Å². The van der Waals surface area contributed by atoms with Crippen LogP contribution >= 0.6 is 0 Å². The number of fused-ring (bicyclic) bond motifs is 1. The molecule has 0 amide bonds. The molecule has 0 unspecified atom stereocenters. The first-order valence-corrected chi connectivity index (χ1v) is 6.68. The van der Waals surface area contributed by atoms with Crippen LogP contribution in [0.5, 0.6) is 5.75 Å². The van der Waals surface area contributed by atoms with Crippen LogP contribution in [-0.4, -0.2) is 26.9 Å². The summed E-state index contributed by atoms with van der Waals surface area (Å²) in [5, 5.41) is 5.82. The number of rotatable bonds is 7. The molecular formula is C16H21NO2. The molecule has 2 rings (SSSR count). The number of nitrogens with one attached hydrogen (secondary N) is 1. The van der Waals surface area contributed by atoms with Gasteiger partial charge in [-0.25, -0.2) is 0 Å². The standard InChI is InChI=1S/C16H21NO2/c1-3-19-9-8-17-12-13-4-5-15-11-16(18-2)7-6-14(15)10-13/h4-7,10-11,17H,3,8-9,12H2,1-2H3. The van der Waals surface area contributed by atoms with Gasteiger partial charge < -0.3 is 14.8 Å². The largest absolute Gasteiger partial charge is 0.497 e. The number of ether oxygens (including phenoxy) is 2. The summed E-state index contributed by atoms with van der Waals surface area (Å²) in [6.07, 6.45) is 0. The predicted molar refractivity (Wildman–Crippen MR) is 78.7 cm³/mol. The SMILES string of the molecule is CCOCCNCc1ccc2cc(OC)ccc2c1. The average Bonchev–Trinajstić information content (AvgIpc) is 2.46. The molecule has 102 valence electrons. The van der Waals surface area contributed by atoms with Crippen molar-refractivity contribution >= 4 is 10.8 Å². The second-order valence-corrected chi connectivity index (χ2v) is 4.42. The fourth-order valence-electron chi connectivity index (χ4n) is 2.03. The highest BCUT2D eigenvalue weighted by atomic mass is 16.5. The van der Waals surface area contributed by atoms with Gasteiger partial charge in [0.15, 0.2) is 0 Å². The van der Waals surface area contributed by atoms with Crippen LogP contribution in [0.1, 0.15) is 12.5 Å². The molecule has 3 nitrogen and oxygen atoms in total. The molecule has 2 aromatic rings. The number of benzene rings is 2. The molecule has 0 fully saturated rings. The zero-order chi connectivity index (χ0) is 13.5. The van der Waals surface area contributed by atoms with Gasteiger partial charge in [0.2, 0.25) is 0 Å². The van der Waals surface area contributed by atoms with Gasteiger partial charge in [-0.3, -0.25) is 0 Å². The van der Waals surface area contributed by atoms with E-state index in [9.17, 15) is 0 Å². The third-order valence-corrected chi connectivity index (χ3v) is 3.07. The summed E-state index contributed by atoms with van der Waals surface area (Å²) in [6.45, 7) is 5.31. The van der Waals surface area contributed by atoms with Crippen molar-refractivity contribution in [3.05, 3.63) is 42.0 Å².